The van der Waals surface area contributed by atoms with Gasteiger partial charge >= 0.3 is 0 Å². The minimum absolute atomic E-state index is 0.208. The van der Waals surface area contributed by atoms with Crippen molar-refractivity contribution in [3.8, 4) is 5.75 Å². The Bertz CT molecular complexity index is 1090. The summed E-state index contributed by atoms with van der Waals surface area (Å²) in [5.74, 6) is 0.469. The SMILES string of the molecule is CCOc1cccc2cc(C(=O)Nc3nc4ccc(Cl)cc4s3)oc12. The van der Waals surface area contributed by atoms with Gasteiger partial charge in [0.15, 0.2) is 22.2 Å². The van der Waals surface area contributed by atoms with Crippen molar-refractivity contribution in [2.75, 3.05) is 11.9 Å². The number of carbonyl (C=O) groups is 1. The van der Waals surface area contributed by atoms with Crippen molar-refractivity contribution in [2.45, 2.75) is 6.92 Å². The summed E-state index contributed by atoms with van der Waals surface area (Å²) in [6.07, 6.45) is 0. The Morgan fingerprint density at radius 1 is 1.32 bits per heavy atom. The molecule has 0 aliphatic carbocycles. The zero-order valence-corrected chi connectivity index (χ0v) is 14.8. The van der Waals surface area contributed by atoms with E-state index < -0.39 is 0 Å². The van der Waals surface area contributed by atoms with Gasteiger partial charge in [0.25, 0.3) is 5.91 Å². The van der Waals surface area contributed by atoms with Gasteiger partial charge in [0.05, 0.1) is 16.8 Å². The maximum Gasteiger partial charge on any atom is 0.293 e. The predicted molar refractivity (Wildman–Crippen MR) is 100.0 cm³/mol. The molecule has 0 radical (unpaired) electrons. The van der Waals surface area contributed by atoms with Gasteiger partial charge in [0, 0.05) is 10.4 Å². The Labute approximate surface area is 152 Å². The minimum Gasteiger partial charge on any atom is -0.490 e. The standard InChI is InChI=1S/C18H13ClN2O3S/c1-2-23-13-5-3-4-10-8-14(24-16(10)13)17(22)21-18-20-12-7-6-11(19)9-15(12)25-18/h3-9H,2H2,1H3,(H,20,21,22). The second-order valence-corrected chi connectivity index (χ2v) is 6.77. The quantitative estimate of drug-likeness (QED) is 0.524. The number of nitrogens with zero attached hydrogens (tertiary/aromatic N) is 1. The highest BCUT2D eigenvalue weighted by atomic mass is 35.5. The smallest absolute Gasteiger partial charge is 0.293 e. The molecule has 0 unspecified atom stereocenters. The maximum absolute atomic E-state index is 12.5. The fourth-order valence-electron chi connectivity index (χ4n) is 2.53. The first-order valence-corrected chi connectivity index (χ1v) is 8.86. The summed E-state index contributed by atoms with van der Waals surface area (Å²) < 4.78 is 12.1. The van der Waals surface area contributed by atoms with E-state index in [1.165, 1.54) is 11.3 Å². The third-order valence-corrected chi connectivity index (χ3v) is 4.77. The molecule has 7 heteroatoms. The van der Waals surface area contributed by atoms with Gasteiger partial charge in [-0.25, -0.2) is 4.98 Å². The van der Waals surface area contributed by atoms with E-state index in [1.54, 1.807) is 12.1 Å². The molecule has 4 aromatic rings. The lowest BCUT2D eigenvalue weighted by Gasteiger charge is -2.02. The van der Waals surface area contributed by atoms with E-state index in [2.05, 4.69) is 10.3 Å². The van der Waals surface area contributed by atoms with Crippen LogP contribution >= 0.6 is 22.9 Å². The van der Waals surface area contributed by atoms with Crippen molar-refractivity contribution in [3.63, 3.8) is 0 Å². The van der Waals surface area contributed by atoms with Crippen LogP contribution in [0, 0.1) is 0 Å². The molecule has 0 fully saturated rings. The van der Waals surface area contributed by atoms with Gasteiger partial charge in [-0.3, -0.25) is 10.1 Å². The summed E-state index contributed by atoms with van der Waals surface area (Å²) >= 11 is 7.34. The molecular formula is C18H13ClN2O3S. The van der Waals surface area contributed by atoms with Crippen LogP contribution in [0.2, 0.25) is 5.02 Å². The summed E-state index contributed by atoms with van der Waals surface area (Å²) in [5, 5.41) is 4.71. The van der Waals surface area contributed by atoms with Crippen molar-refractivity contribution in [1.29, 1.82) is 0 Å². The highest BCUT2D eigenvalue weighted by Crippen LogP contribution is 2.31. The fraction of sp³-hybridized carbons (Fsp3) is 0.111. The number of rotatable bonds is 4. The summed E-state index contributed by atoms with van der Waals surface area (Å²) in [6.45, 7) is 2.42. The number of aromatic nitrogens is 1. The van der Waals surface area contributed by atoms with E-state index in [9.17, 15) is 4.79 Å². The van der Waals surface area contributed by atoms with Crippen LogP contribution in [0.15, 0.2) is 46.9 Å². The van der Waals surface area contributed by atoms with Gasteiger partial charge < -0.3 is 9.15 Å². The number of furan rings is 1. The average Bonchev–Trinajstić information content (AvgIpc) is 3.18. The molecular weight excluding hydrogens is 360 g/mol. The molecule has 1 amide bonds. The number of amides is 1. The molecule has 126 valence electrons. The number of nitrogens with one attached hydrogen (secondary N) is 1. The first-order chi connectivity index (χ1) is 12.1. The van der Waals surface area contributed by atoms with E-state index in [0.717, 1.165) is 15.6 Å². The molecule has 0 spiro atoms. The van der Waals surface area contributed by atoms with Crippen LogP contribution in [0.3, 0.4) is 0 Å². The molecule has 0 saturated heterocycles. The van der Waals surface area contributed by atoms with E-state index in [4.69, 9.17) is 20.8 Å². The van der Waals surface area contributed by atoms with Crippen LogP contribution in [0.4, 0.5) is 5.13 Å². The molecule has 0 saturated carbocycles. The first-order valence-electron chi connectivity index (χ1n) is 7.67. The monoisotopic (exact) mass is 372 g/mol. The van der Waals surface area contributed by atoms with Crippen LogP contribution in [-0.2, 0) is 0 Å². The van der Waals surface area contributed by atoms with Crippen molar-refractivity contribution in [1.82, 2.24) is 4.98 Å². The summed E-state index contributed by atoms with van der Waals surface area (Å²) in [5.41, 5.74) is 1.35. The lowest BCUT2D eigenvalue weighted by molar-refractivity contribution is 0.0998. The second kappa shape index (κ2) is 6.38. The van der Waals surface area contributed by atoms with Crippen LogP contribution in [0.1, 0.15) is 17.5 Å². The molecule has 0 aliphatic heterocycles. The topological polar surface area (TPSA) is 64.4 Å². The number of halogens is 1. The number of benzene rings is 2. The fourth-order valence-corrected chi connectivity index (χ4v) is 3.67. The molecule has 0 aliphatic rings. The van der Waals surface area contributed by atoms with E-state index in [0.29, 0.717) is 28.1 Å². The number of hydrogen-bond acceptors (Lipinski definition) is 5. The number of anilines is 1. The van der Waals surface area contributed by atoms with Gasteiger partial charge in [-0.1, -0.05) is 35.1 Å². The molecule has 0 atom stereocenters. The Hall–Kier alpha value is -2.57. The normalized spacial score (nSPS) is 11.1. The van der Waals surface area contributed by atoms with Crippen molar-refractivity contribution in [2.24, 2.45) is 0 Å². The van der Waals surface area contributed by atoms with Crippen molar-refractivity contribution in [3.05, 3.63) is 53.2 Å². The molecule has 4 rings (SSSR count). The van der Waals surface area contributed by atoms with E-state index in [-0.39, 0.29) is 11.7 Å². The Kier molecular flexibility index (Phi) is 4.07. The highest BCUT2D eigenvalue weighted by Gasteiger charge is 2.16. The molecule has 1 N–H and O–H groups in total. The van der Waals surface area contributed by atoms with Crippen LogP contribution in [0.5, 0.6) is 5.75 Å². The number of ether oxygens (including phenoxy) is 1. The zero-order valence-electron chi connectivity index (χ0n) is 13.2. The van der Waals surface area contributed by atoms with Gasteiger partial charge in [-0.05, 0) is 37.3 Å². The summed E-state index contributed by atoms with van der Waals surface area (Å²) in [4.78, 5) is 16.9. The Balaban J connectivity index is 1.63. The minimum atomic E-state index is -0.358. The number of carbonyl (C=O) groups excluding carboxylic acids is 1. The Morgan fingerprint density at radius 2 is 2.20 bits per heavy atom. The third-order valence-electron chi connectivity index (χ3n) is 3.60. The number of fused-ring (bicyclic) bond motifs is 2. The molecule has 2 aromatic heterocycles. The van der Waals surface area contributed by atoms with Crippen LogP contribution < -0.4 is 10.1 Å². The maximum atomic E-state index is 12.5. The lowest BCUT2D eigenvalue weighted by Crippen LogP contribution is -2.10. The van der Waals surface area contributed by atoms with Gasteiger partial charge in [0.2, 0.25) is 0 Å². The van der Waals surface area contributed by atoms with Crippen molar-refractivity contribution < 1.29 is 13.9 Å². The van der Waals surface area contributed by atoms with Crippen LogP contribution in [-0.4, -0.2) is 17.5 Å². The molecule has 25 heavy (non-hydrogen) atoms. The van der Waals surface area contributed by atoms with E-state index >= 15 is 0 Å². The largest absolute Gasteiger partial charge is 0.490 e. The second-order valence-electron chi connectivity index (χ2n) is 5.30. The molecule has 0 bridgehead atoms. The summed E-state index contributed by atoms with van der Waals surface area (Å²) in [7, 11) is 0. The lowest BCUT2D eigenvalue weighted by atomic mass is 10.2. The number of hydrogen-bond donors (Lipinski definition) is 1. The van der Waals surface area contributed by atoms with Crippen LogP contribution in [0.25, 0.3) is 21.2 Å². The summed E-state index contributed by atoms with van der Waals surface area (Å²) in [6, 6.07) is 12.6. The zero-order chi connectivity index (χ0) is 17.4. The molecule has 2 heterocycles. The first kappa shape index (κ1) is 15.9. The predicted octanol–water partition coefficient (Wildman–Crippen LogP) is 5.35. The van der Waals surface area contributed by atoms with Gasteiger partial charge in [0.1, 0.15) is 0 Å². The number of para-hydroxylation sites is 1. The van der Waals surface area contributed by atoms with E-state index in [1.807, 2.05) is 37.3 Å². The average molecular weight is 373 g/mol. The highest BCUT2D eigenvalue weighted by molar-refractivity contribution is 7.22. The third kappa shape index (κ3) is 3.06. The van der Waals surface area contributed by atoms with Gasteiger partial charge in [-0.15, -0.1) is 0 Å². The molecule has 2 aromatic carbocycles. The number of thiazole rings is 1. The Morgan fingerprint density at radius 3 is 3.04 bits per heavy atom. The molecule has 5 nitrogen and oxygen atoms in total. The van der Waals surface area contributed by atoms with Gasteiger partial charge in [-0.2, -0.15) is 0 Å². The van der Waals surface area contributed by atoms with Crippen molar-refractivity contribution >= 4 is 55.2 Å².